The maximum atomic E-state index is 2.45. The van der Waals surface area contributed by atoms with E-state index in [4.69, 9.17) is 0 Å². The molecule has 0 bridgehead atoms. The van der Waals surface area contributed by atoms with Crippen LogP contribution in [0.1, 0.15) is 29.2 Å². The van der Waals surface area contributed by atoms with E-state index in [1.54, 1.807) is 4.88 Å². The summed E-state index contributed by atoms with van der Waals surface area (Å²) in [7, 11) is 2.23. The highest BCUT2D eigenvalue weighted by Gasteiger charge is 2.19. The number of likely N-dealkylation sites (tertiary alicyclic amines) is 1. The summed E-state index contributed by atoms with van der Waals surface area (Å²) in [6.45, 7) is 4.72. The van der Waals surface area contributed by atoms with Crippen molar-refractivity contribution in [2.75, 3.05) is 20.1 Å². The molecular formula is C11H17NS. The molecule has 0 amide bonds. The summed E-state index contributed by atoms with van der Waals surface area (Å²) in [5, 5.41) is 2.27. The molecule has 0 aromatic carbocycles. The topological polar surface area (TPSA) is 3.24 Å². The van der Waals surface area contributed by atoms with Crippen molar-refractivity contribution in [1.29, 1.82) is 0 Å². The highest BCUT2D eigenvalue weighted by molar-refractivity contribution is 7.10. The van der Waals surface area contributed by atoms with Crippen molar-refractivity contribution >= 4 is 11.3 Å². The monoisotopic (exact) mass is 195 g/mol. The Morgan fingerprint density at radius 2 is 2.38 bits per heavy atom. The summed E-state index contributed by atoms with van der Waals surface area (Å²) >= 11 is 1.93. The van der Waals surface area contributed by atoms with Gasteiger partial charge in [0.25, 0.3) is 0 Å². The van der Waals surface area contributed by atoms with E-state index in [0.29, 0.717) is 0 Å². The van der Waals surface area contributed by atoms with E-state index in [-0.39, 0.29) is 0 Å². The first kappa shape index (κ1) is 9.22. The van der Waals surface area contributed by atoms with Crippen LogP contribution >= 0.6 is 11.3 Å². The third kappa shape index (κ3) is 2.12. The average Bonchev–Trinajstić information content (AvgIpc) is 2.52. The van der Waals surface area contributed by atoms with E-state index in [9.17, 15) is 0 Å². The highest BCUT2D eigenvalue weighted by atomic mass is 32.1. The van der Waals surface area contributed by atoms with Crippen LogP contribution in [0.3, 0.4) is 0 Å². The second kappa shape index (κ2) is 3.81. The summed E-state index contributed by atoms with van der Waals surface area (Å²) < 4.78 is 0. The summed E-state index contributed by atoms with van der Waals surface area (Å²) in [5.74, 6) is 0.803. The summed E-state index contributed by atoms with van der Waals surface area (Å²) in [6, 6.07) is 2.36. The predicted molar refractivity (Wildman–Crippen MR) is 58.5 cm³/mol. The Bertz CT molecular complexity index is 279. The standard InChI is InChI=1S/C11H17NS/c1-9-6-11(13-8-9)10-4-3-5-12(2)7-10/h6,8,10H,3-5,7H2,1-2H3. The van der Waals surface area contributed by atoms with E-state index >= 15 is 0 Å². The van der Waals surface area contributed by atoms with Crippen molar-refractivity contribution in [2.45, 2.75) is 25.7 Å². The predicted octanol–water partition coefficient (Wildman–Crippen LogP) is 2.87. The lowest BCUT2D eigenvalue weighted by atomic mass is 9.97. The SMILES string of the molecule is Cc1csc(C2CCCN(C)C2)c1. The minimum absolute atomic E-state index is 0.803. The lowest BCUT2D eigenvalue weighted by molar-refractivity contribution is 0.252. The Kier molecular flexibility index (Phi) is 2.70. The number of hydrogen-bond acceptors (Lipinski definition) is 2. The zero-order valence-electron chi connectivity index (χ0n) is 8.42. The molecule has 1 aromatic rings. The molecule has 1 nitrogen and oxygen atoms in total. The van der Waals surface area contributed by atoms with Gasteiger partial charge in [-0.3, -0.25) is 0 Å². The van der Waals surface area contributed by atoms with Gasteiger partial charge in [0.2, 0.25) is 0 Å². The fraction of sp³-hybridized carbons (Fsp3) is 0.636. The molecule has 1 saturated heterocycles. The van der Waals surface area contributed by atoms with Gasteiger partial charge in [-0.15, -0.1) is 11.3 Å². The minimum Gasteiger partial charge on any atom is -0.306 e. The fourth-order valence-corrected chi connectivity index (χ4v) is 3.09. The smallest absolute Gasteiger partial charge is 0.00916 e. The van der Waals surface area contributed by atoms with Gasteiger partial charge in [-0.25, -0.2) is 0 Å². The van der Waals surface area contributed by atoms with E-state index < -0.39 is 0 Å². The quantitative estimate of drug-likeness (QED) is 0.666. The average molecular weight is 195 g/mol. The molecule has 1 aromatic heterocycles. The van der Waals surface area contributed by atoms with Crippen LogP contribution in [0.15, 0.2) is 11.4 Å². The molecule has 72 valence electrons. The number of thiophene rings is 1. The van der Waals surface area contributed by atoms with Crippen molar-refractivity contribution < 1.29 is 0 Å². The Balaban J connectivity index is 2.08. The van der Waals surface area contributed by atoms with Crippen LogP contribution in [0.2, 0.25) is 0 Å². The highest BCUT2D eigenvalue weighted by Crippen LogP contribution is 2.30. The zero-order chi connectivity index (χ0) is 9.26. The van der Waals surface area contributed by atoms with Crippen LogP contribution in [0.4, 0.5) is 0 Å². The van der Waals surface area contributed by atoms with Crippen LogP contribution in [0, 0.1) is 6.92 Å². The largest absolute Gasteiger partial charge is 0.306 e. The third-order valence-electron chi connectivity index (χ3n) is 2.78. The maximum Gasteiger partial charge on any atom is 0.00916 e. The molecule has 0 aliphatic carbocycles. The first-order chi connectivity index (χ1) is 6.25. The molecule has 0 radical (unpaired) electrons. The number of hydrogen-bond donors (Lipinski definition) is 0. The van der Waals surface area contributed by atoms with Gasteiger partial charge >= 0.3 is 0 Å². The van der Waals surface area contributed by atoms with Crippen LogP contribution in [-0.4, -0.2) is 25.0 Å². The molecule has 1 fully saturated rings. The van der Waals surface area contributed by atoms with Crippen LogP contribution in [0.5, 0.6) is 0 Å². The van der Waals surface area contributed by atoms with Gasteiger partial charge in [-0.05, 0) is 50.4 Å². The van der Waals surface area contributed by atoms with Gasteiger partial charge in [0.05, 0.1) is 0 Å². The first-order valence-electron chi connectivity index (χ1n) is 4.99. The molecule has 0 spiro atoms. The molecule has 2 heteroatoms. The van der Waals surface area contributed by atoms with Gasteiger partial charge in [-0.2, -0.15) is 0 Å². The molecule has 2 heterocycles. The van der Waals surface area contributed by atoms with E-state index in [2.05, 4.69) is 30.3 Å². The zero-order valence-corrected chi connectivity index (χ0v) is 9.23. The van der Waals surface area contributed by atoms with Crippen molar-refractivity contribution in [3.63, 3.8) is 0 Å². The molecule has 2 rings (SSSR count). The first-order valence-corrected chi connectivity index (χ1v) is 5.87. The Labute approximate surface area is 84.4 Å². The van der Waals surface area contributed by atoms with Crippen molar-refractivity contribution in [3.8, 4) is 0 Å². The molecule has 13 heavy (non-hydrogen) atoms. The number of likely N-dealkylation sites (N-methyl/N-ethyl adjacent to an activating group) is 1. The molecular weight excluding hydrogens is 178 g/mol. The van der Waals surface area contributed by atoms with Crippen molar-refractivity contribution in [1.82, 2.24) is 4.90 Å². The lowest BCUT2D eigenvalue weighted by Gasteiger charge is -2.28. The van der Waals surface area contributed by atoms with Crippen LogP contribution in [-0.2, 0) is 0 Å². The third-order valence-corrected chi connectivity index (χ3v) is 3.99. The summed E-state index contributed by atoms with van der Waals surface area (Å²) in [6.07, 6.45) is 2.74. The molecule has 0 N–H and O–H groups in total. The molecule has 1 aliphatic rings. The summed E-state index contributed by atoms with van der Waals surface area (Å²) in [4.78, 5) is 4.03. The van der Waals surface area contributed by atoms with Gasteiger partial charge in [-0.1, -0.05) is 0 Å². The Morgan fingerprint density at radius 1 is 1.54 bits per heavy atom. The van der Waals surface area contributed by atoms with Crippen molar-refractivity contribution in [2.24, 2.45) is 0 Å². The molecule has 1 atom stereocenters. The Morgan fingerprint density at radius 3 is 3.00 bits per heavy atom. The molecule has 1 aliphatic heterocycles. The minimum atomic E-state index is 0.803. The van der Waals surface area contributed by atoms with Gasteiger partial charge < -0.3 is 4.90 Å². The number of aryl methyl sites for hydroxylation is 1. The Hall–Kier alpha value is -0.340. The van der Waals surface area contributed by atoms with Gasteiger partial charge in [0, 0.05) is 17.3 Å². The van der Waals surface area contributed by atoms with E-state index in [1.165, 1.54) is 31.5 Å². The second-order valence-corrected chi connectivity index (χ2v) is 5.07. The van der Waals surface area contributed by atoms with Crippen molar-refractivity contribution in [3.05, 3.63) is 21.9 Å². The molecule has 0 saturated carbocycles. The van der Waals surface area contributed by atoms with Crippen LogP contribution in [0.25, 0.3) is 0 Å². The fourth-order valence-electron chi connectivity index (χ4n) is 2.07. The number of nitrogens with zero attached hydrogens (tertiary/aromatic N) is 1. The molecule has 1 unspecified atom stereocenters. The number of rotatable bonds is 1. The van der Waals surface area contributed by atoms with Gasteiger partial charge in [0.1, 0.15) is 0 Å². The van der Waals surface area contributed by atoms with E-state index in [1.807, 2.05) is 11.3 Å². The normalized spacial score (nSPS) is 24.9. The summed E-state index contributed by atoms with van der Waals surface area (Å²) in [5.41, 5.74) is 1.42. The lowest BCUT2D eigenvalue weighted by Crippen LogP contribution is -2.30. The van der Waals surface area contributed by atoms with E-state index in [0.717, 1.165) is 5.92 Å². The number of piperidine rings is 1. The van der Waals surface area contributed by atoms with Crippen LogP contribution < -0.4 is 0 Å². The van der Waals surface area contributed by atoms with Gasteiger partial charge in [0.15, 0.2) is 0 Å². The second-order valence-electron chi connectivity index (χ2n) is 4.13. The maximum absolute atomic E-state index is 2.45.